The average Bonchev–Trinajstić information content (AvgIpc) is 2.86. The highest BCUT2D eigenvalue weighted by molar-refractivity contribution is 7.09. The van der Waals surface area contributed by atoms with Gasteiger partial charge in [0.15, 0.2) is 0 Å². The van der Waals surface area contributed by atoms with E-state index in [9.17, 15) is 0 Å². The van der Waals surface area contributed by atoms with Gasteiger partial charge in [-0.25, -0.2) is 0 Å². The number of thiophene rings is 1. The monoisotopic (exact) mass is 211 g/mol. The van der Waals surface area contributed by atoms with Gasteiger partial charge in [0.1, 0.15) is 0 Å². The first-order valence-corrected chi connectivity index (χ1v) is 6.14. The van der Waals surface area contributed by atoms with Crippen LogP contribution >= 0.6 is 11.3 Å². The van der Waals surface area contributed by atoms with Gasteiger partial charge in [-0.3, -0.25) is 0 Å². The fourth-order valence-electron chi connectivity index (χ4n) is 1.72. The van der Waals surface area contributed by atoms with Gasteiger partial charge in [0, 0.05) is 18.0 Å². The van der Waals surface area contributed by atoms with E-state index in [1.807, 2.05) is 11.3 Å². The first kappa shape index (κ1) is 10.1. The molecule has 78 valence electrons. The second kappa shape index (κ2) is 5.49. The summed E-state index contributed by atoms with van der Waals surface area (Å²) in [7, 11) is 0. The molecule has 0 bridgehead atoms. The van der Waals surface area contributed by atoms with E-state index in [2.05, 4.69) is 22.8 Å². The van der Waals surface area contributed by atoms with Crippen molar-refractivity contribution in [2.24, 2.45) is 5.92 Å². The summed E-state index contributed by atoms with van der Waals surface area (Å²) < 4.78 is 5.32. The highest BCUT2D eigenvalue weighted by Gasteiger charge is 2.14. The second-order valence-electron chi connectivity index (χ2n) is 3.76. The Bertz CT molecular complexity index is 242. The lowest BCUT2D eigenvalue weighted by molar-refractivity contribution is 0.185. The molecule has 0 spiro atoms. The minimum Gasteiger partial charge on any atom is -0.381 e. The number of ether oxygens (including phenoxy) is 1. The molecule has 2 heterocycles. The third-order valence-electron chi connectivity index (χ3n) is 2.59. The highest BCUT2D eigenvalue weighted by atomic mass is 32.1. The molecule has 1 fully saturated rings. The van der Waals surface area contributed by atoms with Gasteiger partial charge in [-0.2, -0.15) is 0 Å². The van der Waals surface area contributed by atoms with Gasteiger partial charge in [0.05, 0.1) is 6.61 Å². The van der Waals surface area contributed by atoms with E-state index in [-0.39, 0.29) is 0 Å². The first-order chi connectivity index (χ1) is 6.95. The van der Waals surface area contributed by atoms with Crippen LogP contribution in [-0.4, -0.2) is 26.3 Å². The summed E-state index contributed by atoms with van der Waals surface area (Å²) in [5.74, 6) is 0.748. The molecule has 1 saturated heterocycles. The largest absolute Gasteiger partial charge is 0.381 e. The van der Waals surface area contributed by atoms with Crippen molar-refractivity contribution in [3.05, 3.63) is 22.4 Å². The third kappa shape index (κ3) is 3.08. The predicted octanol–water partition coefficient (Wildman–Crippen LogP) is 1.92. The van der Waals surface area contributed by atoms with Crippen molar-refractivity contribution in [1.29, 1.82) is 0 Å². The van der Waals surface area contributed by atoms with Gasteiger partial charge in [-0.05, 0) is 36.8 Å². The van der Waals surface area contributed by atoms with E-state index in [4.69, 9.17) is 4.74 Å². The molecule has 0 radical (unpaired) electrons. The third-order valence-corrected chi connectivity index (χ3v) is 3.52. The van der Waals surface area contributed by atoms with Gasteiger partial charge in [0.25, 0.3) is 0 Å². The molecule has 0 saturated carbocycles. The van der Waals surface area contributed by atoms with Crippen LogP contribution in [0.1, 0.15) is 11.3 Å². The van der Waals surface area contributed by atoms with Crippen molar-refractivity contribution in [3.8, 4) is 0 Å². The van der Waals surface area contributed by atoms with Crippen molar-refractivity contribution < 1.29 is 4.74 Å². The minimum absolute atomic E-state index is 0.748. The van der Waals surface area contributed by atoms with E-state index in [1.54, 1.807) is 0 Å². The standard InChI is InChI=1S/C11H17NOS/c1-2-11(14-7-1)3-5-12-8-10-4-6-13-9-10/h1-2,7,10,12H,3-6,8-9H2. The Labute approximate surface area is 89.3 Å². The summed E-state index contributed by atoms with van der Waals surface area (Å²) in [6.07, 6.45) is 2.39. The van der Waals surface area contributed by atoms with Crippen LogP contribution in [0.3, 0.4) is 0 Å². The quantitative estimate of drug-likeness (QED) is 0.751. The molecule has 14 heavy (non-hydrogen) atoms. The molecular weight excluding hydrogens is 194 g/mol. The molecule has 1 aromatic rings. The fraction of sp³-hybridized carbons (Fsp3) is 0.636. The minimum atomic E-state index is 0.748. The Morgan fingerprint density at radius 1 is 1.57 bits per heavy atom. The zero-order valence-corrected chi connectivity index (χ0v) is 9.19. The Balaban J connectivity index is 1.55. The molecule has 1 unspecified atom stereocenters. The Hall–Kier alpha value is -0.380. The van der Waals surface area contributed by atoms with Crippen molar-refractivity contribution in [2.75, 3.05) is 26.3 Å². The van der Waals surface area contributed by atoms with Crippen LogP contribution in [0, 0.1) is 5.92 Å². The molecule has 3 heteroatoms. The summed E-state index contributed by atoms with van der Waals surface area (Å²) in [5, 5.41) is 5.63. The van der Waals surface area contributed by atoms with Gasteiger partial charge < -0.3 is 10.1 Å². The topological polar surface area (TPSA) is 21.3 Å². The Morgan fingerprint density at radius 2 is 2.57 bits per heavy atom. The van der Waals surface area contributed by atoms with E-state index in [0.717, 1.165) is 38.6 Å². The molecule has 1 atom stereocenters. The van der Waals surface area contributed by atoms with Crippen LogP contribution in [0.5, 0.6) is 0 Å². The van der Waals surface area contributed by atoms with E-state index >= 15 is 0 Å². The summed E-state index contributed by atoms with van der Waals surface area (Å²) in [6.45, 7) is 4.12. The van der Waals surface area contributed by atoms with Crippen LogP contribution < -0.4 is 5.32 Å². The number of hydrogen-bond donors (Lipinski definition) is 1. The predicted molar refractivity (Wildman–Crippen MR) is 59.8 cm³/mol. The maximum Gasteiger partial charge on any atom is 0.0507 e. The van der Waals surface area contributed by atoms with Crippen LogP contribution in [0.2, 0.25) is 0 Å². The number of nitrogens with one attached hydrogen (secondary N) is 1. The van der Waals surface area contributed by atoms with Crippen molar-refractivity contribution in [3.63, 3.8) is 0 Å². The zero-order valence-electron chi connectivity index (χ0n) is 8.37. The van der Waals surface area contributed by atoms with Crippen molar-refractivity contribution in [2.45, 2.75) is 12.8 Å². The molecule has 0 aliphatic carbocycles. The van der Waals surface area contributed by atoms with Gasteiger partial charge in [-0.15, -0.1) is 11.3 Å². The molecule has 2 nitrogen and oxygen atoms in total. The summed E-state index contributed by atoms with van der Waals surface area (Å²) in [5.41, 5.74) is 0. The molecule has 0 amide bonds. The van der Waals surface area contributed by atoms with Gasteiger partial charge >= 0.3 is 0 Å². The van der Waals surface area contributed by atoms with Gasteiger partial charge in [0.2, 0.25) is 0 Å². The lowest BCUT2D eigenvalue weighted by Gasteiger charge is -2.08. The van der Waals surface area contributed by atoms with Crippen molar-refractivity contribution >= 4 is 11.3 Å². The highest BCUT2D eigenvalue weighted by Crippen LogP contribution is 2.11. The number of hydrogen-bond acceptors (Lipinski definition) is 3. The Kier molecular flexibility index (Phi) is 3.98. The molecule has 0 aromatic carbocycles. The van der Waals surface area contributed by atoms with Crippen LogP contribution in [0.25, 0.3) is 0 Å². The van der Waals surface area contributed by atoms with E-state index in [1.165, 1.54) is 11.3 Å². The smallest absolute Gasteiger partial charge is 0.0507 e. The SMILES string of the molecule is c1csc(CCNCC2CCOC2)c1. The molecule has 2 rings (SSSR count). The van der Waals surface area contributed by atoms with Crippen molar-refractivity contribution in [1.82, 2.24) is 5.32 Å². The van der Waals surface area contributed by atoms with E-state index in [0.29, 0.717) is 0 Å². The summed E-state index contributed by atoms with van der Waals surface area (Å²) in [6, 6.07) is 4.32. The summed E-state index contributed by atoms with van der Waals surface area (Å²) >= 11 is 1.84. The summed E-state index contributed by atoms with van der Waals surface area (Å²) in [4.78, 5) is 1.47. The normalized spacial score (nSPS) is 21.6. The maximum absolute atomic E-state index is 5.32. The first-order valence-electron chi connectivity index (χ1n) is 5.26. The number of rotatable bonds is 5. The van der Waals surface area contributed by atoms with Crippen LogP contribution in [0.15, 0.2) is 17.5 Å². The fourth-order valence-corrected chi connectivity index (χ4v) is 2.43. The zero-order chi connectivity index (χ0) is 9.64. The van der Waals surface area contributed by atoms with E-state index < -0.39 is 0 Å². The molecule has 1 N–H and O–H groups in total. The van der Waals surface area contributed by atoms with Crippen LogP contribution in [-0.2, 0) is 11.2 Å². The van der Waals surface area contributed by atoms with Gasteiger partial charge in [-0.1, -0.05) is 6.07 Å². The molecule has 1 aliphatic rings. The lowest BCUT2D eigenvalue weighted by atomic mass is 10.1. The molecular formula is C11H17NOS. The maximum atomic E-state index is 5.32. The van der Waals surface area contributed by atoms with Crippen LogP contribution in [0.4, 0.5) is 0 Å². The molecule has 1 aromatic heterocycles. The average molecular weight is 211 g/mol. The second-order valence-corrected chi connectivity index (χ2v) is 4.80. The Morgan fingerprint density at radius 3 is 3.29 bits per heavy atom. The lowest BCUT2D eigenvalue weighted by Crippen LogP contribution is -2.24. The molecule has 1 aliphatic heterocycles.